The summed E-state index contributed by atoms with van der Waals surface area (Å²) in [5.41, 5.74) is 1.97. The molecule has 3 rings (SSSR count). The van der Waals surface area contributed by atoms with E-state index in [0.717, 1.165) is 0 Å². The molecule has 1 heterocycles. The quantitative estimate of drug-likeness (QED) is 0.539. The fourth-order valence-electron chi connectivity index (χ4n) is 2.79. The molecule has 1 amide bonds. The van der Waals surface area contributed by atoms with Crippen LogP contribution in [0.4, 0.5) is 11.4 Å². The minimum atomic E-state index is -0.485. The number of hydrogen-bond donors (Lipinski definition) is 1. The van der Waals surface area contributed by atoms with Crippen LogP contribution in [0.3, 0.4) is 0 Å². The molecule has 3 aromatic rings. The Morgan fingerprint density at radius 2 is 2.00 bits per heavy atom. The lowest BCUT2D eigenvalue weighted by molar-refractivity contribution is -0.385. The molecule has 0 bridgehead atoms. The first-order chi connectivity index (χ1) is 12.5. The average molecular weight is 355 g/mol. The van der Waals surface area contributed by atoms with Gasteiger partial charge in [-0.2, -0.15) is 0 Å². The van der Waals surface area contributed by atoms with Gasteiger partial charge in [0.1, 0.15) is 0 Å². The van der Waals surface area contributed by atoms with Crippen LogP contribution in [0.1, 0.15) is 18.4 Å². The van der Waals surface area contributed by atoms with Gasteiger partial charge in [-0.3, -0.25) is 19.5 Å². The highest BCUT2D eigenvalue weighted by Gasteiger charge is 2.15. The van der Waals surface area contributed by atoms with Gasteiger partial charge in [0.05, 0.1) is 21.7 Å². The van der Waals surface area contributed by atoms with Gasteiger partial charge in [0, 0.05) is 19.0 Å². The van der Waals surface area contributed by atoms with Crippen LogP contribution in [-0.4, -0.2) is 15.4 Å². The van der Waals surface area contributed by atoms with E-state index in [1.54, 1.807) is 31.2 Å². The van der Waals surface area contributed by atoms with Crippen LogP contribution >= 0.6 is 0 Å². The van der Waals surface area contributed by atoms with Crippen molar-refractivity contribution in [2.75, 3.05) is 5.32 Å². The Kier molecular flexibility index (Phi) is 4.83. The van der Waals surface area contributed by atoms with Gasteiger partial charge >= 0.3 is 5.76 Å². The molecule has 1 aromatic heterocycles. The minimum Gasteiger partial charge on any atom is -0.408 e. The minimum absolute atomic E-state index is 0.0424. The van der Waals surface area contributed by atoms with E-state index in [2.05, 4.69) is 5.32 Å². The Bertz CT molecular complexity index is 1030. The lowest BCUT2D eigenvalue weighted by Crippen LogP contribution is -2.17. The number of aryl methyl sites for hydroxylation is 1. The van der Waals surface area contributed by atoms with Crippen molar-refractivity contribution in [2.45, 2.75) is 26.3 Å². The van der Waals surface area contributed by atoms with E-state index in [9.17, 15) is 19.7 Å². The van der Waals surface area contributed by atoms with Crippen molar-refractivity contribution in [2.24, 2.45) is 0 Å². The summed E-state index contributed by atoms with van der Waals surface area (Å²) >= 11 is 0. The van der Waals surface area contributed by atoms with Crippen LogP contribution in [0.5, 0.6) is 0 Å². The lowest BCUT2D eigenvalue weighted by atomic mass is 10.1. The molecule has 0 atom stereocenters. The second-order valence-corrected chi connectivity index (χ2v) is 5.85. The van der Waals surface area contributed by atoms with Crippen molar-refractivity contribution in [3.8, 4) is 0 Å². The van der Waals surface area contributed by atoms with Crippen molar-refractivity contribution in [3.63, 3.8) is 0 Å². The van der Waals surface area contributed by atoms with Gasteiger partial charge in [-0.25, -0.2) is 4.79 Å². The Hall–Kier alpha value is -3.42. The second kappa shape index (κ2) is 7.22. The average Bonchev–Trinajstić information content (AvgIpc) is 2.92. The molecule has 0 aliphatic carbocycles. The number of oxazole rings is 1. The molecule has 0 aliphatic rings. The van der Waals surface area contributed by atoms with Gasteiger partial charge in [0.15, 0.2) is 5.58 Å². The van der Waals surface area contributed by atoms with Gasteiger partial charge < -0.3 is 9.73 Å². The standard InChI is InChI=1S/C18H17N3O5/c1-12-13(6-4-8-14(12)21(24)25)19-17(22)10-5-11-20-15-7-2-3-9-16(15)26-18(20)23/h2-4,6-9H,5,10-11H2,1H3,(H,19,22). The topological polar surface area (TPSA) is 107 Å². The van der Waals surface area contributed by atoms with Gasteiger partial charge in [-0.1, -0.05) is 18.2 Å². The maximum atomic E-state index is 12.1. The zero-order valence-electron chi connectivity index (χ0n) is 14.1. The number of amides is 1. The third-order valence-corrected chi connectivity index (χ3v) is 4.14. The van der Waals surface area contributed by atoms with Crippen LogP contribution in [0, 0.1) is 17.0 Å². The Balaban J connectivity index is 1.63. The predicted octanol–water partition coefficient (Wildman–Crippen LogP) is 3.23. The van der Waals surface area contributed by atoms with E-state index in [0.29, 0.717) is 35.3 Å². The van der Waals surface area contributed by atoms with Crippen LogP contribution in [0.2, 0.25) is 0 Å². The van der Waals surface area contributed by atoms with Crippen LogP contribution in [0.15, 0.2) is 51.7 Å². The number of carbonyl (C=O) groups is 1. The SMILES string of the molecule is Cc1c(NC(=O)CCCn2c(=O)oc3ccccc32)cccc1[N+](=O)[O-]. The summed E-state index contributed by atoms with van der Waals surface area (Å²) in [5.74, 6) is -0.726. The second-order valence-electron chi connectivity index (χ2n) is 5.85. The van der Waals surface area contributed by atoms with E-state index >= 15 is 0 Å². The highest BCUT2D eigenvalue weighted by atomic mass is 16.6. The largest absolute Gasteiger partial charge is 0.419 e. The normalized spacial score (nSPS) is 10.8. The molecule has 8 heteroatoms. The van der Waals surface area contributed by atoms with Gasteiger partial charge in [0.25, 0.3) is 5.69 Å². The summed E-state index contributed by atoms with van der Waals surface area (Å²) in [6.45, 7) is 1.93. The molecule has 0 aliphatic heterocycles. The number of nitro benzene ring substituents is 1. The molecule has 2 aromatic carbocycles. The molecule has 1 N–H and O–H groups in total. The number of hydrogen-bond acceptors (Lipinski definition) is 5. The van der Waals surface area contributed by atoms with Crippen molar-refractivity contribution < 1.29 is 14.1 Å². The van der Waals surface area contributed by atoms with E-state index < -0.39 is 10.7 Å². The smallest absolute Gasteiger partial charge is 0.408 e. The maximum Gasteiger partial charge on any atom is 0.419 e. The van der Waals surface area contributed by atoms with Crippen molar-refractivity contribution >= 4 is 28.4 Å². The summed E-state index contributed by atoms with van der Waals surface area (Å²) in [6, 6.07) is 11.6. The number of para-hydroxylation sites is 2. The third kappa shape index (κ3) is 3.49. The van der Waals surface area contributed by atoms with Crippen LogP contribution in [-0.2, 0) is 11.3 Å². The molecule has 26 heavy (non-hydrogen) atoms. The van der Waals surface area contributed by atoms with E-state index in [1.807, 2.05) is 6.07 Å². The molecule has 0 saturated carbocycles. The summed E-state index contributed by atoms with van der Waals surface area (Å²) in [5, 5.41) is 13.6. The monoisotopic (exact) mass is 355 g/mol. The molecule has 8 nitrogen and oxygen atoms in total. The van der Waals surface area contributed by atoms with E-state index in [4.69, 9.17) is 4.42 Å². The number of fused-ring (bicyclic) bond motifs is 1. The highest BCUT2D eigenvalue weighted by Crippen LogP contribution is 2.25. The zero-order chi connectivity index (χ0) is 18.7. The van der Waals surface area contributed by atoms with E-state index in [1.165, 1.54) is 16.7 Å². The number of carbonyl (C=O) groups excluding carboxylic acids is 1. The van der Waals surface area contributed by atoms with Crippen molar-refractivity contribution in [3.05, 3.63) is 68.7 Å². The Morgan fingerprint density at radius 1 is 1.23 bits per heavy atom. The first kappa shape index (κ1) is 17.4. The first-order valence-electron chi connectivity index (χ1n) is 8.09. The molecule has 0 radical (unpaired) electrons. The molecule has 0 saturated heterocycles. The number of anilines is 1. The third-order valence-electron chi connectivity index (χ3n) is 4.14. The number of aromatic nitrogens is 1. The molecular weight excluding hydrogens is 338 g/mol. The molecule has 134 valence electrons. The van der Waals surface area contributed by atoms with Crippen molar-refractivity contribution in [1.29, 1.82) is 0 Å². The number of nitro groups is 1. The number of benzene rings is 2. The summed E-state index contributed by atoms with van der Waals surface area (Å²) in [6.07, 6.45) is 0.608. The maximum absolute atomic E-state index is 12.1. The van der Waals surface area contributed by atoms with Crippen LogP contribution in [0.25, 0.3) is 11.1 Å². The molecule has 0 spiro atoms. The van der Waals surface area contributed by atoms with Crippen LogP contribution < -0.4 is 11.1 Å². The number of rotatable bonds is 6. The first-order valence-corrected chi connectivity index (χ1v) is 8.09. The summed E-state index contributed by atoms with van der Waals surface area (Å²) < 4.78 is 6.63. The predicted molar refractivity (Wildman–Crippen MR) is 96.2 cm³/mol. The van der Waals surface area contributed by atoms with E-state index in [-0.39, 0.29) is 18.0 Å². The molecule has 0 fully saturated rings. The van der Waals surface area contributed by atoms with Gasteiger partial charge in [0.2, 0.25) is 5.91 Å². The molecular formula is C18H17N3O5. The van der Waals surface area contributed by atoms with Crippen molar-refractivity contribution in [1.82, 2.24) is 4.57 Å². The summed E-state index contributed by atoms with van der Waals surface area (Å²) in [4.78, 5) is 34.5. The molecule has 0 unspecified atom stereocenters. The zero-order valence-corrected chi connectivity index (χ0v) is 14.1. The fraction of sp³-hybridized carbons (Fsp3) is 0.222. The summed E-state index contributed by atoms with van der Waals surface area (Å²) in [7, 11) is 0. The number of nitrogens with one attached hydrogen (secondary N) is 1. The van der Waals surface area contributed by atoms with Gasteiger partial charge in [-0.05, 0) is 31.5 Å². The lowest BCUT2D eigenvalue weighted by Gasteiger charge is -2.08. The Labute approximate surface area is 148 Å². The fourth-order valence-corrected chi connectivity index (χ4v) is 2.79. The Morgan fingerprint density at radius 3 is 2.77 bits per heavy atom. The highest BCUT2D eigenvalue weighted by molar-refractivity contribution is 5.92. The number of nitrogens with zero attached hydrogens (tertiary/aromatic N) is 2. The van der Waals surface area contributed by atoms with Gasteiger partial charge in [-0.15, -0.1) is 0 Å².